The number of likely N-dealkylation sites (N-methyl/N-ethyl adjacent to an activating group) is 3. The zero-order valence-electron chi connectivity index (χ0n) is 10.8. The van der Waals surface area contributed by atoms with E-state index in [-0.39, 0.29) is 0 Å². The lowest BCUT2D eigenvalue weighted by Gasteiger charge is -2.34. The van der Waals surface area contributed by atoms with Crippen molar-refractivity contribution >= 4 is 0 Å². The molecule has 1 aliphatic rings. The predicted molar refractivity (Wildman–Crippen MR) is 66.3 cm³/mol. The second-order valence-electron chi connectivity index (χ2n) is 4.85. The van der Waals surface area contributed by atoms with Crippen LogP contribution < -0.4 is 5.32 Å². The SMILES string of the molecule is CCCC(NC)C1CN(C)CCCN1C. The summed E-state index contributed by atoms with van der Waals surface area (Å²) in [5.41, 5.74) is 0. The highest BCUT2D eigenvalue weighted by atomic mass is 15.2. The van der Waals surface area contributed by atoms with E-state index in [1.165, 1.54) is 38.9 Å². The van der Waals surface area contributed by atoms with E-state index in [1.54, 1.807) is 0 Å². The molecule has 1 N–H and O–H groups in total. The maximum atomic E-state index is 3.48. The van der Waals surface area contributed by atoms with Gasteiger partial charge in [0.15, 0.2) is 0 Å². The topological polar surface area (TPSA) is 18.5 Å². The second-order valence-corrected chi connectivity index (χ2v) is 4.85. The Labute approximate surface area is 94.8 Å². The molecule has 3 nitrogen and oxygen atoms in total. The second kappa shape index (κ2) is 6.46. The smallest absolute Gasteiger partial charge is 0.0373 e. The lowest BCUT2D eigenvalue weighted by atomic mass is 10.0. The maximum absolute atomic E-state index is 3.48. The molecule has 0 aromatic carbocycles. The molecule has 0 amide bonds. The van der Waals surface area contributed by atoms with Crippen molar-refractivity contribution in [2.24, 2.45) is 0 Å². The Morgan fingerprint density at radius 2 is 2.07 bits per heavy atom. The van der Waals surface area contributed by atoms with E-state index in [9.17, 15) is 0 Å². The molecule has 1 heterocycles. The molecule has 0 bridgehead atoms. The number of nitrogens with one attached hydrogen (secondary N) is 1. The van der Waals surface area contributed by atoms with Gasteiger partial charge in [-0.05, 0) is 47.1 Å². The van der Waals surface area contributed by atoms with E-state index in [4.69, 9.17) is 0 Å². The van der Waals surface area contributed by atoms with Gasteiger partial charge in [-0.2, -0.15) is 0 Å². The van der Waals surface area contributed by atoms with Gasteiger partial charge in [0.25, 0.3) is 0 Å². The zero-order valence-corrected chi connectivity index (χ0v) is 10.8. The first-order chi connectivity index (χ1) is 7.19. The Morgan fingerprint density at radius 3 is 2.67 bits per heavy atom. The van der Waals surface area contributed by atoms with Crippen LogP contribution in [-0.4, -0.2) is 62.7 Å². The minimum absolute atomic E-state index is 0.639. The predicted octanol–water partition coefficient (Wildman–Crippen LogP) is 1.01. The highest BCUT2D eigenvalue weighted by molar-refractivity contribution is 4.86. The first-order valence-electron chi connectivity index (χ1n) is 6.25. The molecule has 1 fully saturated rings. The largest absolute Gasteiger partial charge is 0.315 e. The van der Waals surface area contributed by atoms with Crippen molar-refractivity contribution in [2.75, 3.05) is 40.8 Å². The number of hydrogen-bond acceptors (Lipinski definition) is 3. The molecule has 1 rings (SSSR count). The highest BCUT2D eigenvalue weighted by Gasteiger charge is 2.26. The molecular weight excluding hydrogens is 186 g/mol. The summed E-state index contributed by atoms with van der Waals surface area (Å²) in [6, 6.07) is 1.31. The summed E-state index contributed by atoms with van der Waals surface area (Å²) in [5.74, 6) is 0. The van der Waals surface area contributed by atoms with Crippen molar-refractivity contribution in [2.45, 2.75) is 38.3 Å². The summed E-state index contributed by atoms with van der Waals surface area (Å²) >= 11 is 0. The van der Waals surface area contributed by atoms with E-state index in [1.807, 2.05) is 0 Å². The van der Waals surface area contributed by atoms with E-state index in [0.29, 0.717) is 12.1 Å². The molecule has 0 aliphatic carbocycles. The Bertz CT molecular complexity index is 172. The molecule has 1 aliphatic heterocycles. The fourth-order valence-corrected chi connectivity index (χ4v) is 2.58. The average molecular weight is 213 g/mol. The van der Waals surface area contributed by atoms with E-state index < -0.39 is 0 Å². The van der Waals surface area contributed by atoms with Crippen LogP contribution in [0.2, 0.25) is 0 Å². The molecule has 2 atom stereocenters. The minimum Gasteiger partial charge on any atom is -0.315 e. The third kappa shape index (κ3) is 3.74. The number of rotatable bonds is 4. The van der Waals surface area contributed by atoms with Crippen LogP contribution in [0.25, 0.3) is 0 Å². The molecule has 0 spiro atoms. The third-order valence-electron chi connectivity index (χ3n) is 3.55. The van der Waals surface area contributed by atoms with Gasteiger partial charge < -0.3 is 15.1 Å². The zero-order chi connectivity index (χ0) is 11.3. The molecule has 3 heteroatoms. The Morgan fingerprint density at radius 1 is 1.33 bits per heavy atom. The van der Waals surface area contributed by atoms with Crippen LogP contribution >= 0.6 is 0 Å². The summed E-state index contributed by atoms with van der Waals surface area (Å²) in [4.78, 5) is 4.99. The summed E-state index contributed by atoms with van der Waals surface area (Å²) in [6.45, 7) is 5.94. The van der Waals surface area contributed by atoms with Gasteiger partial charge in [0.05, 0.1) is 0 Å². The Hall–Kier alpha value is -0.120. The van der Waals surface area contributed by atoms with Crippen LogP contribution in [0.4, 0.5) is 0 Å². The van der Waals surface area contributed by atoms with Crippen LogP contribution in [0.1, 0.15) is 26.2 Å². The van der Waals surface area contributed by atoms with Gasteiger partial charge >= 0.3 is 0 Å². The summed E-state index contributed by atoms with van der Waals surface area (Å²) in [5, 5.41) is 3.48. The van der Waals surface area contributed by atoms with Gasteiger partial charge in [0, 0.05) is 18.6 Å². The highest BCUT2D eigenvalue weighted by Crippen LogP contribution is 2.13. The Balaban J connectivity index is 2.60. The van der Waals surface area contributed by atoms with E-state index >= 15 is 0 Å². The maximum Gasteiger partial charge on any atom is 0.0373 e. The van der Waals surface area contributed by atoms with Crippen molar-refractivity contribution in [1.29, 1.82) is 0 Å². The van der Waals surface area contributed by atoms with Gasteiger partial charge in [-0.1, -0.05) is 13.3 Å². The first kappa shape index (κ1) is 12.9. The monoisotopic (exact) mass is 213 g/mol. The van der Waals surface area contributed by atoms with Gasteiger partial charge in [-0.3, -0.25) is 0 Å². The van der Waals surface area contributed by atoms with Crippen molar-refractivity contribution < 1.29 is 0 Å². The third-order valence-corrected chi connectivity index (χ3v) is 3.55. The summed E-state index contributed by atoms with van der Waals surface area (Å²) in [7, 11) is 6.60. The molecule has 0 aromatic rings. The normalized spacial score (nSPS) is 27.6. The lowest BCUT2D eigenvalue weighted by Crippen LogP contribution is -2.51. The molecular formula is C12H27N3. The molecule has 0 radical (unpaired) electrons. The molecule has 1 saturated heterocycles. The van der Waals surface area contributed by atoms with Crippen molar-refractivity contribution in [1.82, 2.24) is 15.1 Å². The lowest BCUT2D eigenvalue weighted by molar-refractivity contribution is 0.176. The average Bonchev–Trinajstić information content (AvgIpc) is 2.37. The molecule has 0 saturated carbocycles. The van der Waals surface area contributed by atoms with Crippen molar-refractivity contribution in [3.8, 4) is 0 Å². The first-order valence-corrected chi connectivity index (χ1v) is 6.25. The fraction of sp³-hybridized carbons (Fsp3) is 1.00. The fourth-order valence-electron chi connectivity index (χ4n) is 2.58. The minimum atomic E-state index is 0.639. The van der Waals surface area contributed by atoms with Crippen LogP contribution in [-0.2, 0) is 0 Å². The van der Waals surface area contributed by atoms with Gasteiger partial charge in [0.2, 0.25) is 0 Å². The van der Waals surface area contributed by atoms with Crippen molar-refractivity contribution in [3.63, 3.8) is 0 Å². The van der Waals surface area contributed by atoms with Crippen LogP contribution in [0.3, 0.4) is 0 Å². The summed E-state index contributed by atoms with van der Waals surface area (Å²) in [6.07, 6.45) is 3.84. The number of nitrogens with zero attached hydrogens (tertiary/aromatic N) is 2. The molecule has 2 unspecified atom stereocenters. The van der Waals surface area contributed by atoms with E-state index in [2.05, 4.69) is 43.2 Å². The number of hydrogen-bond donors (Lipinski definition) is 1. The van der Waals surface area contributed by atoms with Gasteiger partial charge in [-0.25, -0.2) is 0 Å². The van der Waals surface area contributed by atoms with Crippen molar-refractivity contribution in [3.05, 3.63) is 0 Å². The standard InChI is InChI=1S/C12H27N3/c1-5-7-11(13-2)12-10-14(3)8-6-9-15(12)4/h11-13H,5-10H2,1-4H3. The van der Waals surface area contributed by atoms with Crippen LogP contribution in [0.5, 0.6) is 0 Å². The van der Waals surface area contributed by atoms with Gasteiger partial charge in [0.1, 0.15) is 0 Å². The van der Waals surface area contributed by atoms with Gasteiger partial charge in [-0.15, -0.1) is 0 Å². The summed E-state index contributed by atoms with van der Waals surface area (Å²) < 4.78 is 0. The van der Waals surface area contributed by atoms with E-state index in [0.717, 1.165) is 0 Å². The molecule has 15 heavy (non-hydrogen) atoms. The molecule has 90 valence electrons. The molecule has 0 aromatic heterocycles. The Kier molecular flexibility index (Phi) is 5.58. The van der Waals surface area contributed by atoms with Crippen LogP contribution in [0.15, 0.2) is 0 Å². The quantitative estimate of drug-likeness (QED) is 0.752. The van der Waals surface area contributed by atoms with Crippen LogP contribution in [0, 0.1) is 0 Å².